The highest BCUT2D eigenvalue weighted by molar-refractivity contribution is 5.96. The number of amides is 2. The zero-order chi connectivity index (χ0) is 16.6. The predicted octanol–water partition coefficient (Wildman–Crippen LogP) is 2.26. The van der Waals surface area contributed by atoms with Crippen LogP contribution in [0.1, 0.15) is 27.2 Å². The second-order valence-corrected chi connectivity index (χ2v) is 6.44. The van der Waals surface area contributed by atoms with Crippen molar-refractivity contribution in [1.82, 2.24) is 9.80 Å². The molecule has 1 unspecified atom stereocenters. The van der Waals surface area contributed by atoms with E-state index in [0.29, 0.717) is 0 Å². The molecule has 5 nitrogen and oxygen atoms in total. The SMILES string of the molecule is CN(C)CC1C[C@@H](C(F)(F)F)N(C(=O)OC(C)(C)C)C1=O. The number of hydrogen-bond donors (Lipinski definition) is 0. The number of alkyl halides is 3. The lowest BCUT2D eigenvalue weighted by Crippen LogP contribution is -2.48. The lowest BCUT2D eigenvalue weighted by molar-refractivity contribution is -0.177. The number of halogens is 3. The molecule has 0 aromatic heterocycles. The predicted molar refractivity (Wildman–Crippen MR) is 69.6 cm³/mol. The Bertz CT molecular complexity index is 416. The minimum absolute atomic E-state index is 0.157. The number of likely N-dealkylation sites (tertiary alicyclic amines) is 1. The third-order valence-electron chi connectivity index (χ3n) is 2.96. The van der Waals surface area contributed by atoms with Crippen LogP contribution in [0.15, 0.2) is 0 Å². The lowest BCUT2D eigenvalue weighted by Gasteiger charge is -2.28. The van der Waals surface area contributed by atoms with Crippen molar-refractivity contribution in [2.45, 2.75) is 45.0 Å². The fraction of sp³-hybridized carbons (Fsp3) is 0.846. The van der Waals surface area contributed by atoms with Gasteiger partial charge in [0.05, 0.1) is 5.92 Å². The third-order valence-corrected chi connectivity index (χ3v) is 2.96. The monoisotopic (exact) mass is 310 g/mol. The van der Waals surface area contributed by atoms with Gasteiger partial charge >= 0.3 is 12.3 Å². The normalized spacial score (nSPS) is 23.9. The molecule has 21 heavy (non-hydrogen) atoms. The van der Waals surface area contributed by atoms with Crippen LogP contribution in [0.5, 0.6) is 0 Å². The van der Waals surface area contributed by atoms with Gasteiger partial charge in [0.15, 0.2) is 0 Å². The molecule has 1 fully saturated rings. The van der Waals surface area contributed by atoms with Crippen LogP contribution >= 0.6 is 0 Å². The number of ether oxygens (including phenoxy) is 1. The summed E-state index contributed by atoms with van der Waals surface area (Å²) in [5, 5.41) is 0. The van der Waals surface area contributed by atoms with Gasteiger partial charge in [0.25, 0.3) is 0 Å². The summed E-state index contributed by atoms with van der Waals surface area (Å²) in [6.07, 6.45) is -6.33. The molecular formula is C13H21F3N2O3. The van der Waals surface area contributed by atoms with Crippen LogP contribution in [-0.4, -0.2) is 60.3 Å². The third kappa shape index (κ3) is 4.59. The van der Waals surface area contributed by atoms with Gasteiger partial charge in [-0.3, -0.25) is 4.79 Å². The quantitative estimate of drug-likeness (QED) is 0.785. The second-order valence-electron chi connectivity index (χ2n) is 6.44. The van der Waals surface area contributed by atoms with E-state index >= 15 is 0 Å². The second kappa shape index (κ2) is 5.82. The van der Waals surface area contributed by atoms with Gasteiger partial charge in [-0.15, -0.1) is 0 Å². The van der Waals surface area contributed by atoms with E-state index in [1.807, 2.05) is 0 Å². The summed E-state index contributed by atoms with van der Waals surface area (Å²) >= 11 is 0. The van der Waals surface area contributed by atoms with Crippen LogP contribution in [-0.2, 0) is 9.53 Å². The molecule has 1 aliphatic heterocycles. The summed E-state index contributed by atoms with van der Waals surface area (Å²) in [5.74, 6) is -1.69. The first kappa shape index (κ1) is 17.7. The largest absolute Gasteiger partial charge is 0.443 e. The van der Waals surface area contributed by atoms with Crippen molar-refractivity contribution in [2.24, 2.45) is 5.92 Å². The molecule has 0 spiro atoms. The van der Waals surface area contributed by atoms with Crippen molar-refractivity contribution in [3.63, 3.8) is 0 Å². The maximum atomic E-state index is 13.1. The van der Waals surface area contributed by atoms with E-state index in [1.54, 1.807) is 19.0 Å². The van der Waals surface area contributed by atoms with E-state index in [-0.39, 0.29) is 11.4 Å². The van der Waals surface area contributed by atoms with Crippen molar-refractivity contribution in [3.8, 4) is 0 Å². The molecule has 2 amide bonds. The lowest BCUT2D eigenvalue weighted by atomic mass is 10.0. The summed E-state index contributed by atoms with van der Waals surface area (Å²) in [5.41, 5.74) is -0.965. The molecule has 0 N–H and O–H groups in total. The minimum atomic E-state index is -4.66. The maximum absolute atomic E-state index is 13.1. The highest BCUT2D eigenvalue weighted by atomic mass is 19.4. The molecule has 8 heteroatoms. The van der Waals surface area contributed by atoms with E-state index in [4.69, 9.17) is 4.74 Å². The Hall–Kier alpha value is -1.31. The van der Waals surface area contributed by atoms with E-state index in [0.717, 1.165) is 0 Å². The van der Waals surface area contributed by atoms with Gasteiger partial charge in [0, 0.05) is 6.54 Å². The molecule has 0 radical (unpaired) electrons. The number of rotatable bonds is 2. The topological polar surface area (TPSA) is 49.9 Å². The maximum Gasteiger partial charge on any atom is 0.417 e. The first-order valence-electron chi connectivity index (χ1n) is 6.60. The standard InChI is InChI=1S/C13H21F3N2O3/c1-12(2,3)21-11(20)18-9(13(14,15)16)6-8(10(18)19)7-17(4)5/h8-9H,6-7H2,1-5H3/t8?,9-/m0/s1. The van der Waals surface area contributed by atoms with Gasteiger partial charge in [-0.05, 0) is 41.3 Å². The Morgan fingerprint density at radius 3 is 2.24 bits per heavy atom. The number of carbonyl (C=O) groups excluding carboxylic acids is 2. The average Bonchev–Trinajstić information content (AvgIpc) is 2.52. The molecule has 122 valence electrons. The van der Waals surface area contributed by atoms with Crippen LogP contribution in [0.25, 0.3) is 0 Å². The van der Waals surface area contributed by atoms with Crippen LogP contribution in [0.2, 0.25) is 0 Å². The molecule has 1 heterocycles. The van der Waals surface area contributed by atoms with Crippen molar-refractivity contribution in [3.05, 3.63) is 0 Å². The Morgan fingerprint density at radius 2 is 1.86 bits per heavy atom. The molecule has 0 bridgehead atoms. The molecule has 2 atom stereocenters. The summed E-state index contributed by atoms with van der Waals surface area (Å²) in [7, 11) is 3.32. The van der Waals surface area contributed by atoms with Gasteiger partial charge in [-0.25, -0.2) is 9.69 Å². The van der Waals surface area contributed by atoms with E-state index in [1.165, 1.54) is 20.8 Å². The molecular weight excluding hydrogens is 289 g/mol. The summed E-state index contributed by atoms with van der Waals surface area (Å²) in [6.45, 7) is 4.76. The van der Waals surface area contributed by atoms with Crippen LogP contribution in [0, 0.1) is 5.92 Å². The highest BCUT2D eigenvalue weighted by Gasteiger charge is 2.56. The van der Waals surface area contributed by atoms with E-state index < -0.39 is 42.2 Å². The van der Waals surface area contributed by atoms with Crippen LogP contribution in [0.3, 0.4) is 0 Å². The Kier molecular flexibility index (Phi) is 4.92. The average molecular weight is 310 g/mol. The smallest absolute Gasteiger partial charge is 0.417 e. The first-order valence-corrected chi connectivity index (χ1v) is 6.60. The molecule has 1 aliphatic rings. The van der Waals surface area contributed by atoms with Crippen molar-refractivity contribution in [1.29, 1.82) is 0 Å². The van der Waals surface area contributed by atoms with Crippen LogP contribution < -0.4 is 0 Å². The van der Waals surface area contributed by atoms with Gasteiger partial charge < -0.3 is 9.64 Å². The molecule has 0 aromatic rings. The number of carbonyl (C=O) groups is 2. The zero-order valence-corrected chi connectivity index (χ0v) is 12.8. The summed E-state index contributed by atoms with van der Waals surface area (Å²) < 4.78 is 44.1. The van der Waals surface area contributed by atoms with E-state index in [2.05, 4.69) is 0 Å². The molecule has 0 aromatic carbocycles. The molecule has 1 saturated heterocycles. The van der Waals surface area contributed by atoms with Crippen molar-refractivity contribution < 1.29 is 27.5 Å². The fourth-order valence-corrected chi connectivity index (χ4v) is 2.23. The highest BCUT2D eigenvalue weighted by Crippen LogP contribution is 2.37. The van der Waals surface area contributed by atoms with Crippen molar-refractivity contribution >= 4 is 12.0 Å². The summed E-state index contributed by atoms with van der Waals surface area (Å²) in [6, 6.07) is -2.12. The minimum Gasteiger partial charge on any atom is -0.443 e. The van der Waals surface area contributed by atoms with Crippen LogP contribution in [0.4, 0.5) is 18.0 Å². The Labute approximate surface area is 122 Å². The number of nitrogens with zero attached hydrogens (tertiary/aromatic N) is 2. The van der Waals surface area contributed by atoms with Gasteiger partial charge in [0.2, 0.25) is 5.91 Å². The number of hydrogen-bond acceptors (Lipinski definition) is 4. The molecule has 1 rings (SSSR count). The molecule has 0 saturated carbocycles. The number of imide groups is 1. The Balaban J connectivity index is 3.01. The molecule has 0 aliphatic carbocycles. The van der Waals surface area contributed by atoms with Gasteiger partial charge in [-0.2, -0.15) is 13.2 Å². The summed E-state index contributed by atoms with van der Waals surface area (Å²) in [4.78, 5) is 25.9. The fourth-order valence-electron chi connectivity index (χ4n) is 2.23. The first-order chi connectivity index (χ1) is 9.33. The zero-order valence-electron chi connectivity index (χ0n) is 12.8. The van der Waals surface area contributed by atoms with E-state index in [9.17, 15) is 22.8 Å². The Morgan fingerprint density at radius 1 is 1.33 bits per heavy atom. The van der Waals surface area contributed by atoms with Crippen molar-refractivity contribution in [2.75, 3.05) is 20.6 Å². The van der Waals surface area contributed by atoms with Gasteiger partial charge in [-0.1, -0.05) is 0 Å². The van der Waals surface area contributed by atoms with Gasteiger partial charge in [0.1, 0.15) is 11.6 Å².